The van der Waals surface area contributed by atoms with Crippen LogP contribution in [0.3, 0.4) is 0 Å². The molecule has 0 atom stereocenters. The number of amides is 2. The van der Waals surface area contributed by atoms with Crippen LogP contribution in [-0.4, -0.2) is 65.1 Å². The Labute approximate surface area is 99.8 Å². The number of hydrogen-bond acceptors (Lipinski definition) is 3. The van der Waals surface area contributed by atoms with Gasteiger partial charge < -0.3 is 14.9 Å². The molecule has 0 aromatic carbocycles. The van der Waals surface area contributed by atoms with Gasteiger partial charge in [0.15, 0.2) is 0 Å². The Morgan fingerprint density at radius 1 is 1.38 bits per heavy atom. The predicted octanol–water partition coefficient (Wildman–Crippen LogP) is 0.952. The molecule has 2 amide bonds. The van der Waals surface area contributed by atoms with Crippen molar-refractivity contribution >= 4 is 23.8 Å². The summed E-state index contributed by atoms with van der Waals surface area (Å²) in [4.78, 5) is 25.6. The van der Waals surface area contributed by atoms with E-state index >= 15 is 0 Å². The first-order valence-corrected chi connectivity index (χ1v) is 6.56. The monoisotopic (exact) mass is 246 g/mol. The van der Waals surface area contributed by atoms with Gasteiger partial charge in [0.1, 0.15) is 0 Å². The Balaban J connectivity index is 2.26. The smallest absolute Gasteiger partial charge is 0.319 e. The van der Waals surface area contributed by atoms with Crippen LogP contribution in [0.25, 0.3) is 0 Å². The van der Waals surface area contributed by atoms with Gasteiger partial charge in [0, 0.05) is 44.6 Å². The average molecular weight is 246 g/mol. The second-order valence-corrected chi connectivity index (χ2v) is 5.03. The average Bonchev–Trinajstić information content (AvgIpc) is 2.28. The van der Waals surface area contributed by atoms with Crippen molar-refractivity contribution in [3.8, 4) is 0 Å². The Kier molecular flexibility index (Phi) is 5.45. The van der Waals surface area contributed by atoms with Crippen LogP contribution < -0.4 is 0 Å². The highest BCUT2D eigenvalue weighted by atomic mass is 32.2. The molecule has 0 aromatic heterocycles. The molecule has 0 unspecified atom stereocenters. The predicted molar refractivity (Wildman–Crippen MR) is 63.8 cm³/mol. The molecular formula is C10H18N2O3S. The summed E-state index contributed by atoms with van der Waals surface area (Å²) in [7, 11) is 1.73. The summed E-state index contributed by atoms with van der Waals surface area (Å²) in [6, 6.07) is 0.0192. The van der Waals surface area contributed by atoms with E-state index in [9.17, 15) is 9.59 Å². The number of carbonyl (C=O) groups is 2. The van der Waals surface area contributed by atoms with Crippen molar-refractivity contribution in [2.75, 3.05) is 38.2 Å². The lowest BCUT2D eigenvalue weighted by Crippen LogP contribution is -2.45. The van der Waals surface area contributed by atoms with Crippen LogP contribution in [0, 0.1) is 0 Å². The molecule has 0 aliphatic carbocycles. The van der Waals surface area contributed by atoms with Crippen LogP contribution in [0.15, 0.2) is 0 Å². The fourth-order valence-electron chi connectivity index (χ4n) is 1.56. The van der Waals surface area contributed by atoms with E-state index in [4.69, 9.17) is 5.11 Å². The zero-order chi connectivity index (χ0) is 12.0. The quantitative estimate of drug-likeness (QED) is 0.802. The Morgan fingerprint density at radius 2 is 2.00 bits per heavy atom. The minimum atomic E-state index is -0.810. The lowest BCUT2D eigenvalue weighted by molar-refractivity contribution is -0.137. The minimum Gasteiger partial charge on any atom is -0.481 e. The Hall–Kier alpha value is -0.910. The third-order valence-corrected chi connectivity index (χ3v) is 3.43. The molecule has 92 valence electrons. The van der Waals surface area contributed by atoms with Crippen LogP contribution in [-0.2, 0) is 4.79 Å². The van der Waals surface area contributed by atoms with E-state index in [-0.39, 0.29) is 12.5 Å². The SMILES string of the molecule is CN(CCCC(=O)O)C(=O)N1CCSCC1. The summed E-state index contributed by atoms with van der Waals surface area (Å²) in [6.45, 7) is 2.11. The maximum atomic E-state index is 11.9. The number of carbonyl (C=O) groups excluding carboxylic acids is 1. The fourth-order valence-corrected chi connectivity index (χ4v) is 2.46. The molecule has 0 saturated carbocycles. The highest BCUT2D eigenvalue weighted by Gasteiger charge is 2.19. The maximum Gasteiger partial charge on any atom is 0.319 e. The molecule has 1 heterocycles. The first kappa shape index (κ1) is 13.2. The summed E-state index contributed by atoms with van der Waals surface area (Å²) in [6.07, 6.45) is 0.633. The number of urea groups is 1. The number of nitrogens with zero attached hydrogens (tertiary/aromatic N) is 2. The van der Waals surface area contributed by atoms with Gasteiger partial charge in [-0.15, -0.1) is 0 Å². The number of thioether (sulfide) groups is 1. The van der Waals surface area contributed by atoms with Crippen LogP contribution in [0.5, 0.6) is 0 Å². The van der Waals surface area contributed by atoms with Crippen LogP contribution in [0.4, 0.5) is 4.79 Å². The first-order valence-electron chi connectivity index (χ1n) is 5.41. The highest BCUT2D eigenvalue weighted by Crippen LogP contribution is 2.11. The van der Waals surface area contributed by atoms with E-state index in [2.05, 4.69) is 0 Å². The second-order valence-electron chi connectivity index (χ2n) is 3.80. The molecule has 16 heavy (non-hydrogen) atoms. The molecule has 6 heteroatoms. The topological polar surface area (TPSA) is 60.9 Å². The number of aliphatic carboxylic acids is 1. The minimum absolute atomic E-state index is 0.0192. The molecule has 1 rings (SSSR count). The number of hydrogen-bond donors (Lipinski definition) is 1. The van der Waals surface area contributed by atoms with Gasteiger partial charge in [0.25, 0.3) is 0 Å². The van der Waals surface area contributed by atoms with E-state index in [1.165, 1.54) is 0 Å². The van der Waals surface area contributed by atoms with Gasteiger partial charge in [-0.1, -0.05) is 0 Å². The van der Waals surface area contributed by atoms with Gasteiger partial charge >= 0.3 is 12.0 Å². The molecule has 0 aromatic rings. The third kappa shape index (κ3) is 4.30. The normalized spacial score (nSPS) is 15.9. The van der Waals surface area contributed by atoms with E-state index in [0.717, 1.165) is 24.6 Å². The molecule has 1 aliphatic heterocycles. The summed E-state index contributed by atoms with van der Waals surface area (Å²) < 4.78 is 0. The van der Waals surface area contributed by atoms with Crippen LogP contribution >= 0.6 is 11.8 Å². The van der Waals surface area contributed by atoms with Crippen molar-refractivity contribution in [2.45, 2.75) is 12.8 Å². The van der Waals surface area contributed by atoms with Gasteiger partial charge in [0.05, 0.1) is 0 Å². The van der Waals surface area contributed by atoms with E-state index in [1.54, 1.807) is 11.9 Å². The molecule has 1 fully saturated rings. The lowest BCUT2D eigenvalue weighted by Gasteiger charge is -2.30. The summed E-state index contributed by atoms with van der Waals surface area (Å²) >= 11 is 1.86. The highest BCUT2D eigenvalue weighted by molar-refractivity contribution is 7.99. The molecule has 0 spiro atoms. The molecule has 1 aliphatic rings. The molecule has 0 bridgehead atoms. The molecule has 1 N–H and O–H groups in total. The maximum absolute atomic E-state index is 11.9. The van der Waals surface area contributed by atoms with Gasteiger partial charge in [-0.3, -0.25) is 4.79 Å². The van der Waals surface area contributed by atoms with Crippen molar-refractivity contribution in [1.82, 2.24) is 9.80 Å². The van der Waals surface area contributed by atoms with Gasteiger partial charge in [0.2, 0.25) is 0 Å². The van der Waals surface area contributed by atoms with Gasteiger partial charge in [-0.2, -0.15) is 11.8 Å². The largest absolute Gasteiger partial charge is 0.481 e. The summed E-state index contributed by atoms with van der Waals surface area (Å²) in [5, 5.41) is 8.50. The second kappa shape index (κ2) is 6.62. The van der Waals surface area contributed by atoms with Crippen molar-refractivity contribution in [2.24, 2.45) is 0 Å². The number of carboxylic acid groups (broad SMARTS) is 1. The Bertz CT molecular complexity index is 254. The summed E-state index contributed by atoms with van der Waals surface area (Å²) in [5.74, 6) is 1.18. The van der Waals surface area contributed by atoms with Gasteiger partial charge in [-0.05, 0) is 6.42 Å². The van der Waals surface area contributed by atoms with Crippen molar-refractivity contribution in [1.29, 1.82) is 0 Å². The van der Waals surface area contributed by atoms with Crippen molar-refractivity contribution in [3.05, 3.63) is 0 Å². The van der Waals surface area contributed by atoms with E-state index in [0.29, 0.717) is 13.0 Å². The first-order chi connectivity index (χ1) is 7.61. The molecule has 1 saturated heterocycles. The zero-order valence-electron chi connectivity index (χ0n) is 9.52. The number of rotatable bonds is 4. The van der Waals surface area contributed by atoms with E-state index < -0.39 is 5.97 Å². The number of carboxylic acids is 1. The molecule has 0 radical (unpaired) electrons. The van der Waals surface area contributed by atoms with Crippen LogP contribution in [0.2, 0.25) is 0 Å². The molecule has 5 nitrogen and oxygen atoms in total. The standard InChI is InChI=1S/C10H18N2O3S/c1-11(4-2-3-9(13)14)10(15)12-5-7-16-8-6-12/h2-8H2,1H3,(H,13,14). The summed E-state index contributed by atoms with van der Waals surface area (Å²) in [5.41, 5.74) is 0. The van der Waals surface area contributed by atoms with Gasteiger partial charge in [-0.25, -0.2) is 4.79 Å². The van der Waals surface area contributed by atoms with Crippen molar-refractivity contribution in [3.63, 3.8) is 0 Å². The van der Waals surface area contributed by atoms with Crippen molar-refractivity contribution < 1.29 is 14.7 Å². The Morgan fingerprint density at radius 3 is 2.56 bits per heavy atom. The zero-order valence-corrected chi connectivity index (χ0v) is 10.3. The van der Waals surface area contributed by atoms with Crippen LogP contribution in [0.1, 0.15) is 12.8 Å². The lowest BCUT2D eigenvalue weighted by atomic mass is 10.3. The third-order valence-electron chi connectivity index (χ3n) is 2.49. The molecular weight excluding hydrogens is 228 g/mol. The fraction of sp³-hybridized carbons (Fsp3) is 0.800. The van der Waals surface area contributed by atoms with E-state index in [1.807, 2.05) is 16.7 Å².